The van der Waals surface area contributed by atoms with E-state index in [9.17, 15) is 4.21 Å². The predicted molar refractivity (Wildman–Crippen MR) is 111 cm³/mol. The number of fused-ring (bicyclic) bond motifs is 2. The Hall–Kier alpha value is -1.40. The molecule has 1 saturated heterocycles. The molecule has 2 bridgehead atoms. The summed E-state index contributed by atoms with van der Waals surface area (Å²) < 4.78 is 12.4. The van der Waals surface area contributed by atoms with E-state index in [1.807, 2.05) is 37.4 Å². The molecular formula is C21H32N4OS. The van der Waals surface area contributed by atoms with Crippen LogP contribution < -0.4 is 5.32 Å². The molecule has 5 nitrogen and oxygen atoms in total. The summed E-state index contributed by atoms with van der Waals surface area (Å²) in [5.41, 5.74) is 0. The molecule has 1 N–H and O–H groups in total. The van der Waals surface area contributed by atoms with Crippen molar-refractivity contribution in [2.45, 2.75) is 36.6 Å². The number of guanidine groups is 1. The molecule has 1 aromatic rings. The van der Waals surface area contributed by atoms with Crippen LogP contribution in [0.25, 0.3) is 0 Å². The third-order valence-electron chi connectivity index (χ3n) is 6.57. The molecule has 2 aliphatic carbocycles. The van der Waals surface area contributed by atoms with Crippen LogP contribution in [0.5, 0.6) is 0 Å². The largest absolute Gasteiger partial charge is 0.355 e. The minimum atomic E-state index is -0.960. The molecule has 2 saturated carbocycles. The van der Waals surface area contributed by atoms with E-state index >= 15 is 0 Å². The Morgan fingerprint density at radius 2 is 1.93 bits per heavy atom. The lowest BCUT2D eigenvalue weighted by molar-refractivity contribution is 0.0959. The molecule has 0 aromatic heterocycles. The third-order valence-corrected chi connectivity index (χ3v) is 7.94. The lowest BCUT2D eigenvalue weighted by atomic mass is 9.93. The van der Waals surface area contributed by atoms with E-state index in [1.165, 1.54) is 25.7 Å². The van der Waals surface area contributed by atoms with Gasteiger partial charge in [0, 0.05) is 56.5 Å². The first-order chi connectivity index (χ1) is 13.2. The maximum atomic E-state index is 12.4. The summed E-state index contributed by atoms with van der Waals surface area (Å²) in [7, 11) is 0.886. The van der Waals surface area contributed by atoms with Gasteiger partial charge in [-0.1, -0.05) is 24.6 Å². The Bertz CT molecular complexity index is 672. The van der Waals surface area contributed by atoms with Gasteiger partial charge in [-0.3, -0.25) is 14.1 Å². The van der Waals surface area contributed by atoms with Crippen molar-refractivity contribution in [3.05, 3.63) is 30.3 Å². The van der Waals surface area contributed by atoms with Gasteiger partial charge in [-0.25, -0.2) is 0 Å². The first-order valence-electron chi connectivity index (χ1n) is 10.4. The molecule has 0 radical (unpaired) electrons. The highest BCUT2D eigenvalue weighted by Gasteiger charge is 2.42. The van der Waals surface area contributed by atoms with E-state index < -0.39 is 10.8 Å². The second-order valence-electron chi connectivity index (χ2n) is 8.10. The molecule has 6 heteroatoms. The number of benzene rings is 1. The number of nitrogens with one attached hydrogen (secondary N) is 1. The summed E-state index contributed by atoms with van der Waals surface area (Å²) in [5, 5.41) is 3.42. The number of hydrogen-bond donors (Lipinski definition) is 1. The van der Waals surface area contributed by atoms with E-state index in [2.05, 4.69) is 20.1 Å². The van der Waals surface area contributed by atoms with Crippen molar-refractivity contribution in [3.63, 3.8) is 0 Å². The molecule has 4 atom stereocenters. The average Bonchev–Trinajstić information content (AvgIpc) is 3.36. The molecule has 0 spiro atoms. The van der Waals surface area contributed by atoms with Gasteiger partial charge in [-0.05, 0) is 43.2 Å². The number of nitrogens with zero attached hydrogens (tertiary/aromatic N) is 3. The van der Waals surface area contributed by atoms with Crippen molar-refractivity contribution >= 4 is 16.8 Å². The number of hydrogen-bond acceptors (Lipinski definition) is 3. The molecule has 1 heterocycles. The number of piperazine rings is 1. The van der Waals surface area contributed by atoms with Gasteiger partial charge < -0.3 is 10.2 Å². The fourth-order valence-electron chi connectivity index (χ4n) is 5.20. The maximum absolute atomic E-state index is 12.4. The van der Waals surface area contributed by atoms with Gasteiger partial charge in [-0.15, -0.1) is 0 Å². The van der Waals surface area contributed by atoms with Gasteiger partial charge >= 0.3 is 0 Å². The van der Waals surface area contributed by atoms with Crippen molar-refractivity contribution in [1.82, 2.24) is 15.1 Å². The summed E-state index contributed by atoms with van der Waals surface area (Å²) in [6.45, 7) is 5.04. The fourth-order valence-corrected chi connectivity index (χ4v) is 6.19. The summed E-state index contributed by atoms with van der Waals surface area (Å²) in [6, 6.07) is 10.5. The zero-order valence-corrected chi connectivity index (χ0v) is 17.2. The third kappa shape index (κ3) is 4.37. The van der Waals surface area contributed by atoms with Crippen LogP contribution in [0.2, 0.25) is 0 Å². The van der Waals surface area contributed by atoms with E-state index in [1.54, 1.807) is 0 Å². The second-order valence-corrected chi connectivity index (χ2v) is 9.67. The normalized spacial score (nSPS) is 29.9. The Morgan fingerprint density at radius 3 is 2.56 bits per heavy atom. The smallest absolute Gasteiger partial charge is 0.193 e. The molecule has 1 aromatic carbocycles. The van der Waals surface area contributed by atoms with Crippen LogP contribution in [-0.4, -0.2) is 71.5 Å². The highest BCUT2D eigenvalue weighted by Crippen LogP contribution is 2.46. The van der Waals surface area contributed by atoms with Gasteiger partial charge in [0.1, 0.15) is 0 Å². The van der Waals surface area contributed by atoms with Crippen LogP contribution in [0, 0.1) is 11.8 Å². The van der Waals surface area contributed by atoms with Crippen LogP contribution in [0.15, 0.2) is 40.2 Å². The van der Waals surface area contributed by atoms with Crippen LogP contribution in [0.3, 0.4) is 0 Å². The molecule has 4 rings (SSSR count). The highest BCUT2D eigenvalue weighted by atomic mass is 32.2. The topological polar surface area (TPSA) is 47.9 Å². The zero-order chi connectivity index (χ0) is 18.6. The number of aliphatic imine (C=N–C) groups is 1. The Labute approximate surface area is 165 Å². The highest BCUT2D eigenvalue weighted by molar-refractivity contribution is 7.85. The van der Waals surface area contributed by atoms with Crippen molar-refractivity contribution in [2.75, 3.05) is 45.5 Å². The lowest BCUT2D eigenvalue weighted by Gasteiger charge is -2.41. The molecular weight excluding hydrogens is 356 g/mol. The minimum absolute atomic E-state index is 0.605. The summed E-state index contributed by atoms with van der Waals surface area (Å²) >= 11 is 0. The molecule has 3 aliphatic rings. The van der Waals surface area contributed by atoms with Crippen molar-refractivity contribution in [1.29, 1.82) is 0 Å². The fraction of sp³-hybridized carbons (Fsp3) is 0.667. The summed E-state index contributed by atoms with van der Waals surface area (Å²) in [6.07, 6.45) is 5.84. The van der Waals surface area contributed by atoms with Gasteiger partial charge in [0.05, 0.1) is 10.8 Å². The van der Waals surface area contributed by atoms with Crippen LogP contribution in [-0.2, 0) is 10.8 Å². The van der Waals surface area contributed by atoms with Crippen LogP contribution in [0.1, 0.15) is 25.7 Å². The van der Waals surface area contributed by atoms with E-state index in [-0.39, 0.29) is 0 Å². The SMILES string of the molecule is CN=C(NCCS(=O)c1ccccc1)N1CCN(C2CC3CCC2C3)CC1. The zero-order valence-electron chi connectivity index (χ0n) is 16.3. The first-order valence-corrected chi connectivity index (χ1v) is 11.7. The maximum Gasteiger partial charge on any atom is 0.193 e. The minimum Gasteiger partial charge on any atom is -0.355 e. The molecule has 27 heavy (non-hydrogen) atoms. The molecule has 148 valence electrons. The van der Waals surface area contributed by atoms with Crippen molar-refractivity contribution < 1.29 is 4.21 Å². The Morgan fingerprint density at radius 1 is 1.15 bits per heavy atom. The van der Waals surface area contributed by atoms with Crippen LogP contribution in [0.4, 0.5) is 0 Å². The quantitative estimate of drug-likeness (QED) is 0.620. The Balaban J connectivity index is 1.22. The monoisotopic (exact) mass is 388 g/mol. The summed E-state index contributed by atoms with van der Waals surface area (Å²) in [5.74, 6) is 3.53. The van der Waals surface area contributed by atoms with E-state index in [0.29, 0.717) is 12.3 Å². The van der Waals surface area contributed by atoms with Gasteiger partial charge in [-0.2, -0.15) is 0 Å². The molecule has 0 amide bonds. The Kier molecular flexibility index (Phi) is 6.13. The molecule has 1 aliphatic heterocycles. The van der Waals surface area contributed by atoms with Gasteiger partial charge in [0.2, 0.25) is 0 Å². The van der Waals surface area contributed by atoms with Crippen LogP contribution >= 0.6 is 0 Å². The first kappa shape index (κ1) is 18.9. The van der Waals surface area contributed by atoms with Gasteiger partial charge in [0.25, 0.3) is 0 Å². The average molecular weight is 389 g/mol. The second kappa shape index (κ2) is 8.74. The molecule has 4 unspecified atom stereocenters. The van der Waals surface area contributed by atoms with Gasteiger partial charge in [0.15, 0.2) is 5.96 Å². The predicted octanol–water partition coefficient (Wildman–Crippen LogP) is 2.18. The molecule has 3 fully saturated rings. The summed E-state index contributed by atoms with van der Waals surface area (Å²) in [4.78, 5) is 10.4. The standard InChI is InChI=1S/C21H32N4OS/c1-22-21(23-9-14-27(26)19-5-3-2-4-6-19)25-12-10-24(11-13-25)20-16-17-7-8-18(20)15-17/h2-6,17-18,20H,7-16H2,1H3,(H,22,23). The lowest BCUT2D eigenvalue weighted by Crippen LogP contribution is -2.55. The van der Waals surface area contributed by atoms with Crippen molar-refractivity contribution in [3.8, 4) is 0 Å². The van der Waals surface area contributed by atoms with E-state index in [4.69, 9.17) is 0 Å². The van der Waals surface area contributed by atoms with E-state index in [0.717, 1.165) is 54.9 Å². The van der Waals surface area contributed by atoms with Crippen molar-refractivity contribution in [2.24, 2.45) is 16.8 Å². The number of rotatable bonds is 5.